The second kappa shape index (κ2) is 4.28. The lowest BCUT2D eigenvalue weighted by atomic mass is 10.0. The van der Waals surface area contributed by atoms with Gasteiger partial charge in [-0.05, 0) is 19.5 Å². The number of nitrogens with one attached hydrogen (secondary N) is 2. The molecule has 2 unspecified atom stereocenters. The number of alkyl halides is 3. The minimum Gasteiger partial charge on any atom is -0.315 e. The molecule has 0 spiro atoms. The van der Waals surface area contributed by atoms with E-state index in [1.165, 1.54) is 0 Å². The van der Waals surface area contributed by atoms with Crippen LogP contribution in [0.15, 0.2) is 0 Å². The van der Waals surface area contributed by atoms with Crippen LogP contribution in [0.5, 0.6) is 0 Å². The van der Waals surface area contributed by atoms with Crippen LogP contribution < -0.4 is 10.6 Å². The third kappa shape index (κ3) is 2.84. The monoisotopic (exact) mass is 196 g/mol. The zero-order valence-electron chi connectivity index (χ0n) is 7.62. The van der Waals surface area contributed by atoms with Crippen LogP contribution in [0.3, 0.4) is 0 Å². The van der Waals surface area contributed by atoms with E-state index in [9.17, 15) is 13.2 Å². The summed E-state index contributed by atoms with van der Waals surface area (Å²) in [6, 6.07) is -0.444. The second-order valence-electron chi connectivity index (χ2n) is 3.31. The molecule has 5 heteroatoms. The quantitative estimate of drug-likeness (QED) is 0.707. The van der Waals surface area contributed by atoms with E-state index in [4.69, 9.17) is 0 Å². The van der Waals surface area contributed by atoms with E-state index in [0.29, 0.717) is 19.6 Å². The molecule has 78 valence electrons. The predicted octanol–water partition coefficient (Wildman–Crippen LogP) is 1.14. The van der Waals surface area contributed by atoms with Crippen LogP contribution in [-0.2, 0) is 0 Å². The van der Waals surface area contributed by atoms with Crippen LogP contribution in [0.4, 0.5) is 13.2 Å². The second-order valence-corrected chi connectivity index (χ2v) is 3.31. The van der Waals surface area contributed by atoms with Crippen molar-refractivity contribution in [2.75, 3.05) is 19.6 Å². The van der Waals surface area contributed by atoms with Crippen LogP contribution in [-0.4, -0.2) is 31.9 Å². The van der Waals surface area contributed by atoms with E-state index in [1.807, 2.05) is 6.92 Å². The molecule has 2 atom stereocenters. The van der Waals surface area contributed by atoms with E-state index in [1.54, 1.807) is 0 Å². The Morgan fingerprint density at radius 1 is 1.46 bits per heavy atom. The third-order valence-electron chi connectivity index (χ3n) is 2.38. The molecule has 0 amide bonds. The summed E-state index contributed by atoms with van der Waals surface area (Å²) >= 11 is 0. The topological polar surface area (TPSA) is 24.1 Å². The van der Waals surface area contributed by atoms with Gasteiger partial charge in [0, 0.05) is 12.6 Å². The van der Waals surface area contributed by atoms with E-state index in [0.717, 1.165) is 0 Å². The van der Waals surface area contributed by atoms with Crippen LogP contribution in [0, 0.1) is 5.92 Å². The largest absolute Gasteiger partial charge is 0.393 e. The maximum absolute atomic E-state index is 12.4. The van der Waals surface area contributed by atoms with Crippen molar-refractivity contribution in [2.45, 2.75) is 25.6 Å². The van der Waals surface area contributed by atoms with Crippen molar-refractivity contribution in [3.05, 3.63) is 0 Å². The van der Waals surface area contributed by atoms with E-state index in [-0.39, 0.29) is 6.42 Å². The lowest BCUT2D eigenvalue weighted by molar-refractivity contribution is -0.176. The molecule has 1 heterocycles. The van der Waals surface area contributed by atoms with Crippen molar-refractivity contribution in [3.63, 3.8) is 0 Å². The Hall–Kier alpha value is -0.290. The molecule has 1 aliphatic rings. The van der Waals surface area contributed by atoms with Crippen molar-refractivity contribution in [1.82, 2.24) is 10.6 Å². The van der Waals surface area contributed by atoms with Gasteiger partial charge in [0.05, 0.1) is 5.92 Å². The number of hydrogen-bond acceptors (Lipinski definition) is 2. The van der Waals surface area contributed by atoms with Gasteiger partial charge in [-0.2, -0.15) is 13.2 Å². The molecule has 0 aromatic heterocycles. The van der Waals surface area contributed by atoms with Crippen LogP contribution >= 0.6 is 0 Å². The van der Waals surface area contributed by atoms with E-state index < -0.39 is 18.1 Å². The summed E-state index contributed by atoms with van der Waals surface area (Å²) in [5.41, 5.74) is 0. The van der Waals surface area contributed by atoms with Gasteiger partial charge in [-0.25, -0.2) is 0 Å². The smallest absolute Gasteiger partial charge is 0.315 e. The Morgan fingerprint density at radius 3 is 2.69 bits per heavy atom. The first-order valence-electron chi connectivity index (χ1n) is 4.56. The molecular weight excluding hydrogens is 181 g/mol. The molecule has 0 aliphatic carbocycles. The molecule has 0 aromatic rings. The molecule has 1 fully saturated rings. The first kappa shape index (κ1) is 10.8. The number of hydrogen-bond donors (Lipinski definition) is 2. The lowest BCUT2D eigenvalue weighted by Gasteiger charge is -2.22. The Bertz CT molecular complexity index is 158. The molecule has 1 aliphatic heterocycles. The van der Waals surface area contributed by atoms with Gasteiger partial charge in [0.2, 0.25) is 0 Å². The van der Waals surface area contributed by atoms with Gasteiger partial charge in [-0.1, -0.05) is 6.92 Å². The molecular formula is C8H15F3N2. The fourth-order valence-electron chi connectivity index (χ4n) is 1.67. The Morgan fingerprint density at radius 2 is 2.15 bits per heavy atom. The molecule has 2 nitrogen and oxygen atoms in total. The fraction of sp³-hybridized carbons (Fsp3) is 1.00. The normalized spacial score (nSPS) is 29.5. The molecule has 0 radical (unpaired) electrons. The van der Waals surface area contributed by atoms with Gasteiger partial charge < -0.3 is 10.6 Å². The zero-order chi connectivity index (χ0) is 9.90. The molecule has 0 saturated carbocycles. The summed E-state index contributed by atoms with van der Waals surface area (Å²) in [6.07, 6.45) is -3.84. The number of rotatable bonds is 3. The Kier molecular flexibility index (Phi) is 3.55. The van der Waals surface area contributed by atoms with Crippen LogP contribution in [0.1, 0.15) is 13.3 Å². The Labute approximate surface area is 75.9 Å². The highest BCUT2D eigenvalue weighted by atomic mass is 19.4. The van der Waals surface area contributed by atoms with Crippen molar-refractivity contribution in [2.24, 2.45) is 5.92 Å². The standard InChI is InChI=1S/C8H15F3N2/c1-2-12-5-7-6(3-4-13-7)8(9,10)11/h6-7,12-13H,2-5H2,1H3. The minimum atomic E-state index is -4.05. The average molecular weight is 196 g/mol. The van der Waals surface area contributed by atoms with E-state index in [2.05, 4.69) is 10.6 Å². The van der Waals surface area contributed by atoms with Crippen LogP contribution in [0.2, 0.25) is 0 Å². The van der Waals surface area contributed by atoms with Crippen molar-refractivity contribution >= 4 is 0 Å². The number of halogens is 3. The molecule has 13 heavy (non-hydrogen) atoms. The third-order valence-corrected chi connectivity index (χ3v) is 2.38. The summed E-state index contributed by atoms with van der Waals surface area (Å²) in [5.74, 6) is -1.17. The summed E-state index contributed by atoms with van der Waals surface area (Å²) in [4.78, 5) is 0. The van der Waals surface area contributed by atoms with Crippen molar-refractivity contribution < 1.29 is 13.2 Å². The maximum Gasteiger partial charge on any atom is 0.393 e. The SMILES string of the molecule is CCNCC1NCCC1C(F)(F)F. The highest BCUT2D eigenvalue weighted by Gasteiger charge is 2.46. The van der Waals surface area contributed by atoms with Gasteiger partial charge in [0.1, 0.15) is 0 Å². The van der Waals surface area contributed by atoms with Crippen molar-refractivity contribution in [1.29, 1.82) is 0 Å². The number of likely N-dealkylation sites (N-methyl/N-ethyl adjacent to an activating group) is 1. The molecule has 0 aromatic carbocycles. The molecule has 1 rings (SSSR count). The first-order chi connectivity index (χ1) is 6.05. The lowest BCUT2D eigenvalue weighted by Crippen LogP contribution is -2.42. The predicted molar refractivity (Wildman–Crippen MR) is 44.5 cm³/mol. The van der Waals surface area contributed by atoms with Gasteiger partial charge in [-0.3, -0.25) is 0 Å². The van der Waals surface area contributed by atoms with Crippen LogP contribution in [0.25, 0.3) is 0 Å². The summed E-state index contributed by atoms with van der Waals surface area (Å²) in [6.45, 7) is 3.47. The molecule has 0 bridgehead atoms. The first-order valence-corrected chi connectivity index (χ1v) is 4.56. The highest BCUT2D eigenvalue weighted by Crippen LogP contribution is 2.33. The van der Waals surface area contributed by atoms with Crippen molar-refractivity contribution in [3.8, 4) is 0 Å². The maximum atomic E-state index is 12.4. The van der Waals surface area contributed by atoms with Gasteiger partial charge in [0.25, 0.3) is 0 Å². The Balaban J connectivity index is 2.44. The van der Waals surface area contributed by atoms with Gasteiger partial charge in [0.15, 0.2) is 0 Å². The van der Waals surface area contributed by atoms with Gasteiger partial charge in [-0.15, -0.1) is 0 Å². The summed E-state index contributed by atoms with van der Waals surface area (Å²) < 4.78 is 37.1. The molecule has 2 N–H and O–H groups in total. The zero-order valence-corrected chi connectivity index (χ0v) is 7.62. The summed E-state index contributed by atoms with van der Waals surface area (Å²) in [7, 11) is 0. The highest BCUT2D eigenvalue weighted by molar-refractivity contribution is 4.89. The fourth-order valence-corrected chi connectivity index (χ4v) is 1.67. The van der Waals surface area contributed by atoms with E-state index >= 15 is 0 Å². The van der Waals surface area contributed by atoms with Gasteiger partial charge >= 0.3 is 6.18 Å². The minimum absolute atomic E-state index is 0.208. The summed E-state index contributed by atoms with van der Waals surface area (Å²) in [5, 5.41) is 5.80. The average Bonchev–Trinajstić information content (AvgIpc) is 2.47. The molecule has 1 saturated heterocycles.